The first-order valence-corrected chi connectivity index (χ1v) is 9.56. The van der Waals surface area contributed by atoms with Crippen LogP contribution < -0.4 is 20.7 Å². The van der Waals surface area contributed by atoms with Gasteiger partial charge in [0.25, 0.3) is 5.91 Å². The maximum Gasteiger partial charge on any atom is 0.408 e. The predicted molar refractivity (Wildman–Crippen MR) is 112 cm³/mol. The molecule has 2 atom stereocenters. The summed E-state index contributed by atoms with van der Waals surface area (Å²) in [7, 11) is 1.46. The number of hydrogen-bond acceptors (Lipinski definition) is 7. The number of hydrogen-bond donors (Lipinski definition) is 3. The lowest BCUT2D eigenvalue weighted by molar-refractivity contribution is -0.118. The number of rotatable bonds is 5. The van der Waals surface area contributed by atoms with Gasteiger partial charge in [-0.2, -0.15) is 0 Å². The van der Waals surface area contributed by atoms with E-state index in [1.54, 1.807) is 19.1 Å². The third-order valence-electron chi connectivity index (χ3n) is 4.71. The van der Waals surface area contributed by atoms with Crippen LogP contribution in [0.15, 0.2) is 36.7 Å². The van der Waals surface area contributed by atoms with Crippen LogP contribution in [0.1, 0.15) is 6.92 Å². The SMILES string of the molecule is COc1cc2ncnc(Nc3ccc(F)c(Cl)c3)c2cc1NC(=O)[C@H]1NC(=O)O[C@@H]1C. The first-order chi connectivity index (χ1) is 14.9. The van der Waals surface area contributed by atoms with Gasteiger partial charge in [0.1, 0.15) is 35.9 Å². The second-order valence-corrected chi connectivity index (χ2v) is 7.17. The zero-order chi connectivity index (χ0) is 22.1. The molecular formula is C20H17ClFN5O4. The van der Waals surface area contributed by atoms with Crippen LogP contribution in [0, 0.1) is 5.82 Å². The first kappa shape index (κ1) is 20.6. The molecule has 1 aliphatic rings. The summed E-state index contributed by atoms with van der Waals surface area (Å²) >= 11 is 5.85. The van der Waals surface area contributed by atoms with Gasteiger partial charge in [0.15, 0.2) is 0 Å². The van der Waals surface area contributed by atoms with Crippen molar-refractivity contribution in [3.63, 3.8) is 0 Å². The second-order valence-electron chi connectivity index (χ2n) is 6.77. The molecule has 0 unspecified atom stereocenters. The summed E-state index contributed by atoms with van der Waals surface area (Å²) in [6, 6.07) is 6.62. The lowest BCUT2D eigenvalue weighted by Crippen LogP contribution is -2.42. The van der Waals surface area contributed by atoms with Crippen molar-refractivity contribution in [2.75, 3.05) is 17.7 Å². The third kappa shape index (κ3) is 4.15. The number of nitrogens with one attached hydrogen (secondary N) is 3. The van der Waals surface area contributed by atoms with Gasteiger partial charge in [0, 0.05) is 17.1 Å². The Balaban J connectivity index is 1.69. The van der Waals surface area contributed by atoms with Gasteiger partial charge < -0.3 is 25.4 Å². The Morgan fingerprint density at radius 3 is 2.77 bits per heavy atom. The minimum absolute atomic E-state index is 0.0343. The monoisotopic (exact) mass is 445 g/mol. The van der Waals surface area contributed by atoms with E-state index in [1.807, 2.05) is 0 Å². The molecule has 1 aliphatic heterocycles. The summed E-state index contributed by atoms with van der Waals surface area (Å²) in [4.78, 5) is 32.5. The average molecular weight is 446 g/mol. The standard InChI is InChI=1S/C20H17ClFN5O4/c1-9-17(27-20(29)31-9)19(28)26-15-6-11-14(7-16(15)30-2)23-8-24-18(11)25-10-3-4-13(22)12(21)5-10/h3-9,17H,1-2H3,(H,26,28)(H,27,29)(H,23,24,25)/t9-,17+/m1/s1. The number of benzene rings is 2. The van der Waals surface area contributed by atoms with E-state index < -0.39 is 30.0 Å². The topological polar surface area (TPSA) is 114 Å². The zero-order valence-electron chi connectivity index (χ0n) is 16.4. The van der Waals surface area contributed by atoms with Crippen molar-refractivity contribution < 1.29 is 23.5 Å². The third-order valence-corrected chi connectivity index (χ3v) is 5.00. The molecule has 31 heavy (non-hydrogen) atoms. The largest absolute Gasteiger partial charge is 0.494 e. The summed E-state index contributed by atoms with van der Waals surface area (Å²) in [5.41, 5.74) is 1.42. The van der Waals surface area contributed by atoms with E-state index in [0.717, 1.165) is 0 Å². The number of halogens is 2. The lowest BCUT2D eigenvalue weighted by atomic mass is 10.1. The minimum Gasteiger partial charge on any atom is -0.494 e. The Morgan fingerprint density at radius 2 is 2.10 bits per heavy atom. The van der Waals surface area contributed by atoms with E-state index >= 15 is 0 Å². The average Bonchev–Trinajstić information content (AvgIpc) is 3.08. The van der Waals surface area contributed by atoms with E-state index in [9.17, 15) is 14.0 Å². The fourth-order valence-electron chi connectivity index (χ4n) is 3.17. The number of carbonyl (C=O) groups excluding carboxylic acids is 2. The number of fused-ring (bicyclic) bond motifs is 1. The van der Waals surface area contributed by atoms with Gasteiger partial charge in [-0.15, -0.1) is 0 Å². The molecule has 0 saturated carbocycles. The Bertz CT molecular complexity index is 1190. The number of amides is 2. The number of nitrogens with zero attached hydrogens (tertiary/aromatic N) is 2. The normalized spacial score (nSPS) is 17.7. The van der Waals surface area contributed by atoms with Crippen LogP contribution in [0.3, 0.4) is 0 Å². The van der Waals surface area contributed by atoms with Gasteiger partial charge in [0.2, 0.25) is 0 Å². The van der Waals surface area contributed by atoms with Crippen LogP contribution in [0.2, 0.25) is 5.02 Å². The van der Waals surface area contributed by atoms with E-state index in [2.05, 4.69) is 25.9 Å². The molecule has 160 valence electrons. The number of alkyl carbamates (subject to hydrolysis) is 1. The molecule has 1 saturated heterocycles. The van der Waals surface area contributed by atoms with Gasteiger partial charge in [0.05, 0.1) is 23.3 Å². The molecule has 3 N–H and O–H groups in total. The molecule has 11 heteroatoms. The van der Waals surface area contributed by atoms with Crippen molar-refractivity contribution in [2.24, 2.45) is 0 Å². The number of ether oxygens (including phenoxy) is 2. The van der Waals surface area contributed by atoms with E-state index in [-0.39, 0.29) is 5.02 Å². The maximum absolute atomic E-state index is 13.5. The Hall–Kier alpha value is -3.66. The summed E-state index contributed by atoms with van der Waals surface area (Å²) in [5.74, 6) is -0.218. The smallest absolute Gasteiger partial charge is 0.408 e. The highest BCUT2D eigenvalue weighted by Crippen LogP contribution is 2.34. The molecule has 0 aliphatic carbocycles. The Morgan fingerprint density at radius 1 is 1.29 bits per heavy atom. The molecule has 2 amide bonds. The van der Waals surface area contributed by atoms with E-state index in [4.69, 9.17) is 21.1 Å². The van der Waals surface area contributed by atoms with Crippen molar-refractivity contribution >= 4 is 51.7 Å². The number of methoxy groups -OCH3 is 1. The molecule has 4 rings (SSSR count). The Labute approximate surface area is 180 Å². The first-order valence-electron chi connectivity index (χ1n) is 9.18. The van der Waals surface area contributed by atoms with Crippen LogP contribution in [-0.2, 0) is 9.53 Å². The summed E-state index contributed by atoms with van der Waals surface area (Å²) in [6.45, 7) is 1.61. The van der Waals surface area contributed by atoms with Crippen molar-refractivity contribution in [2.45, 2.75) is 19.1 Å². The van der Waals surface area contributed by atoms with Crippen molar-refractivity contribution in [1.29, 1.82) is 0 Å². The molecule has 9 nitrogen and oxygen atoms in total. The van der Waals surface area contributed by atoms with E-state index in [0.29, 0.717) is 33.8 Å². The molecule has 0 radical (unpaired) electrons. The molecule has 0 spiro atoms. The van der Waals surface area contributed by atoms with Gasteiger partial charge in [-0.1, -0.05) is 11.6 Å². The number of cyclic esters (lactones) is 1. The van der Waals surface area contributed by atoms with Crippen LogP contribution >= 0.6 is 11.6 Å². The molecule has 2 heterocycles. The van der Waals surface area contributed by atoms with Crippen LogP contribution in [0.5, 0.6) is 5.75 Å². The molecule has 1 aromatic heterocycles. The summed E-state index contributed by atoms with van der Waals surface area (Å²) in [5, 5.41) is 8.80. The zero-order valence-corrected chi connectivity index (χ0v) is 17.2. The van der Waals surface area contributed by atoms with Crippen molar-refractivity contribution in [3.05, 3.63) is 47.5 Å². The van der Waals surface area contributed by atoms with Crippen molar-refractivity contribution in [1.82, 2.24) is 15.3 Å². The maximum atomic E-state index is 13.5. The summed E-state index contributed by atoms with van der Waals surface area (Å²) in [6.07, 6.45) is 0.0827. The predicted octanol–water partition coefficient (Wildman–Crippen LogP) is 3.61. The van der Waals surface area contributed by atoms with E-state index in [1.165, 1.54) is 31.6 Å². The lowest BCUT2D eigenvalue weighted by Gasteiger charge is -2.16. The number of aromatic nitrogens is 2. The number of carbonyl (C=O) groups is 2. The highest BCUT2D eigenvalue weighted by molar-refractivity contribution is 6.31. The summed E-state index contributed by atoms with van der Waals surface area (Å²) < 4.78 is 23.8. The quantitative estimate of drug-likeness (QED) is 0.549. The van der Waals surface area contributed by atoms with Gasteiger partial charge in [-0.25, -0.2) is 19.2 Å². The van der Waals surface area contributed by atoms with Crippen LogP contribution in [0.4, 0.5) is 26.4 Å². The fraction of sp³-hybridized carbons (Fsp3) is 0.200. The highest BCUT2D eigenvalue weighted by Gasteiger charge is 2.36. The molecule has 0 bridgehead atoms. The second kappa shape index (κ2) is 8.23. The van der Waals surface area contributed by atoms with Gasteiger partial charge in [-0.3, -0.25) is 4.79 Å². The highest BCUT2D eigenvalue weighted by atomic mass is 35.5. The van der Waals surface area contributed by atoms with Crippen molar-refractivity contribution in [3.8, 4) is 5.75 Å². The van der Waals surface area contributed by atoms with Gasteiger partial charge in [-0.05, 0) is 31.2 Å². The molecule has 1 fully saturated rings. The number of anilines is 3. The van der Waals surface area contributed by atoms with Crippen LogP contribution in [0.25, 0.3) is 10.9 Å². The molecular weight excluding hydrogens is 429 g/mol. The fourth-order valence-corrected chi connectivity index (χ4v) is 3.35. The van der Waals surface area contributed by atoms with Crippen LogP contribution in [-0.4, -0.2) is 41.2 Å². The molecule has 2 aromatic carbocycles. The Kier molecular flexibility index (Phi) is 5.47. The van der Waals surface area contributed by atoms with Gasteiger partial charge >= 0.3 is 6.09 Å². The molecule has 3 aromatic rings. The minimum atomic E-state index is -0.848.